The van der Waals surface area contributed by atoms with Gasteiger partial charge in [-0.1, -0.05) is 20.8 Å². The zero-order chi connectivity index (χ0) is 14.0. The second kappa shape index (κ2) is 6.13. The largest absolute Gasteiger partial charge is 0.313 e. The second-order valence-corrected chi connectivity index (χ2v) is 8.04. The lowest BCUT2D eigenvalue weighted by molar-refractivity contribution is 0.0355. The molecule has 0 amide bonds. The zero-order valence-electron chi connectivity index (χ0n) is 13.7. The van der Waals surface area contributed by atoms with Crippen LogP contribution >= 0.6 is 0 Å². The van der Waals surface area contributed by atoms with Crippen molar-refractivity contribution in [1.82, 2.24) is 10.2 Å². The van der Waals surface area contributed by atoms with Crippen LogP contribution in [-0.2, 0) is 0 Å². The SMILES string of the molecule is CC1CC(C)(C)CCC1N(CC1CCCN1)C(C)C. The van der Waals surface area contributed by atoms with E-state index in [2.05, 4.69) is 44.8 Å². The maximum atomic E-state index is 3.67. The van der Waals surface area contributed by atoms with Gasteiger partial charge in [0.15, 0.2) is 0 Å². The van der Waals surface area contributed by atoms with Gasteiger partial charge in [-0.05, 0) is 63.8 Å². The fraction of sp³-hybridized carbons (Fsp3) is 1.00. The highest BCUT2D eigenvalue weighted by atomic mass is 15.2. The molecule has 1 saturated heterocycles. The molecule has 1 aliphatic heterocycles. The molecule has 0 spiro atoms. The summed E-state index contributed by atoms with van der Waals surface area (Å²) in [5, 5.41) is 3.67. The predicted molar refractivity (Wildman–Crippen MR) is 83.5 cm³/mol. The lowest BCUT2D eigenvalue weighted by atomic mass is 9.70. The van der Waals surface area contributed by atoms with Crippen LogP contribution in [0.4, 0.5) is 0 Å². The van der Waals surface area contributed by atoms with E-state index in [9.17, 15) is 0 Å². The van der Waals surface area contributed by atoms with E-state index in [1.807, 2.05) is 0 Å². The summed E-state index contributed by atoms with van der Waals surface area (Å²) in [6.07, 6.45) is 6.90. The van der Waals surface area contributed by atoms with Crippen molar-refractivity contribution in [3.63, 3.8) is 0 Å². The topological polar surface area (TPSA) is 15.3 Å². The zero-order valence-corrected chi connectivity index (χ0v) is 13.7. The second-order valence-electron chi connectivity index (χ2n) is 8.04. The van der Waals surface area contributed by atoms with Crippen molar-refractivity contribution in [3.05, 3.63) is 0 Å². The molecular weight excluding hydrogens is 232 g/mol. The molecule has 2 fully saturated rings. The molecule has 2 nitrogen and oxygen atoms in total. The summed E-state index contributed by atoms with van der Waals surface area (Å²) in [6, 6.07) is 2.22. The van der Waals surface area contributed by atoms with Crippen molar-refractivity contribution in [3.8, 4) is 0 Å². The first-order chi connectivity index (χ1) is 8.89. The Kier molecular flexibility index (Phi) is 4.94. The molecule has 1 saturated carbocycles. The van der Waals surface area contributed by atoms with Crippen LogP contribution in [0.5, 0.6) is 0 Å². The van der Waals surface area contributed by atoms with E-state index in [-0.39, 0.29) is 0 Å². The minimum atomic E-state index is 0.560. The Morgan fingerprint density at radius 1 is 1.26 bits per heavy atom. The molecular formula is C17H34N2. The van der Waals surface area contributed by atoms with Gasteiger partial charge in [-0.15, -0.1) is 0 Å². The first-order valence-electron chi connectivity index (χ1n) is 8.38. The monoisotopic (exact) mass is 266 g/mol. The van der Waals surface area contributed by atoms with Gasteiger partial charge in [0.2, 0.25) is 0 Å². The number of nitrogens with one attached hydrogen (secondary N) is 1. The van der Waals surface area contributed by atoms with E-state index in [1.54, 1.807) is 0 Å². The third-order valence-electron chi connectivity index (χ3n) is 5.33. The minimum Gasteiger partial charge on any atom is -0.313 e. The Labute approximate surface area is 120 Å². The van der Waals surface area contributed by atoms with Crippen molar-refractivity contribution in [1.29, 1.82) is 0 Å². The van der Waals surface area contributed by atoms with Crippen molar-refractivity contribution in [2.24, 2.45) is 11.3 Å². The molecule has 0 aromatic carbocycles. The molecule has 3 atom stereocenters. The van der Waals surface area contributed by atoms with Gasteiger partial charge < -0.3 is 5.32 Å². The van der Waals surface area contributed by atoms with Crippen LogP contribution < -0.4 is 5.32 Å². The van der Waals surface area contributed by atoms with Gasteiger partial charge in [-0.25, -0.2) is 0 Å². The average molecular weight is 266 g/mol. The van der Waals surface area contributed by atoms with Gasteiger partial charge in [0.25, 0.3) is 0 Å². The van der Waals surface area contributed by atoms with Crippen molar-refractivity contribution in [2.45, 2.75) is 84.8 Å². The third kappa shape index (κ3) is 3.95. The Hall–Kier alpha value is -0.0800. The molecule has 1 heterocycles. The molecule has 0 bridgehead atoms. The quantitative estimate of drug-likeness (QED) is 0.835. The van der Waals surface area contributed by atoms with Crippen LogP contribution in [-0.4, -0.2) is 36.1 Å². The normalized spacial score (nSPS) is 35.2. The van der Waals surface area contributed by atoms with E-state index < -0.39 is 0 Å². The molecule has 0 aromatic rings. The molecule has 0 radical (unpaired) electrons. The highest BCUT2D eigenvalue weighted by Crippen LogP contribution is 2.41. The maximum Gasteiger partial charge on any atom is 0.0195 e. The molecule has 19 heavy (non-hydrogen) atoms. The fourth-order valence-corrected chi connectivity index (χ4v) is 4.32. The Balaban J connectivity index is 1.98. The van der Waals surface area contributed by atoms with Crippen molar-refractivity contribution in [2.75, 3.05) is 13.1 Å². The summed E-state index contributed by atoms with van der Waals surface area (Å²) < 4.78 is 0. The molecule has 3 unspecified atom stereocenters. The van der Waals surface area contributed by atoms with Crippen LogP contribution in [0.3, 0.4) is 0 Å². The number of hydrogen-bond donors (Lipinski definition) is 1. The van der Waals surface area contributed by atoms with Crippen molar-refractivity contribution < 1.29 is 0 Å². The maximum absolute atomic E-state index is 3.67. The number of nitrogens with zero attached hydrogens (tertiary/aromatic N) is 1. The van der Waals surface area contributed by atoms with E-state index in [0.29, 0.717) is 11.5 Å². The van der Waals surface area contributed by atoms with E-state index in [4.69, 9.17) is 0 Å². The van der Waals surface area contributed by atoms with Crippen molar-refractivity contribution >= 4 is 0 Å². The average Bonchev–Trinajstić information content (AvgIpc) is 2.78. The van der Waals surface area contributed by atoms with Gasteiger partial charge in [-0.3, -0.25) is 4.90 Å². The third-order valence-corrected chi connectivity index (χ3v) is 5.33. The van der Waals surface area contributed by atoms with Gasteiger partial charge in [0, 0.05) is 24.7 Å². The molecule has 2 rings (SSSR count). The van der Waals surface area contributed by atoms with Crippen LogP contribution in [0.25, 0.3) is 0 Å². The predicted octanol–water partition coefficient (Wildman–Crippen LogP) is 3.66. The summed E-state index contributed by atoms with van der Waals surface area (Å²) in [5.74, 6) is 0.840. The number of hydrogen-bond acceptors (Lipinski definition) is 2. The minimum absolute atomic E-state index is 0.560. The van der Waals surface area contributed by atoms with Gasteiger partial charge in [0.1, 0.15) is 0 Å². The van der Waals surface area contributed by atoms with Crippen LogP contribution in [0.2, 0.25) is 0 Å². The van der Waals surface area contributed by atoms with E-state index >= 15 is 0 Å². The summed E-state index contributed by atoms with van der Waals surface area (Å²) in [4.78, 5) is 2.79. The molecule has 112 valence electrons. The smallest absolute Gasteiger partial charge is 0.0195 e. The summed E-state index contributed by atoms with van der Waals surface area (Å²) in [6.45, 7) is 14.6. The molecule has 1 N–H and O–H groups in total. The lowest BCUT2D eigenvalue weighted by Gasteiger charge is -2.46. The Bertz CT molecular complexity index is 279. The molecule has 1 aliphatic carbocycles. The van der Waals surface area contributed by atoms with E-state index in [0.717, 1.165) is 18.0 Å². The van der Waals surface area contributed by atoms with Crippen LogP contribution in [0.1, 0.15) is 66.7 Å². The first-order valence-corrected chi connectivity index (χ1v) is 8.38. The van der Waals surface area contributed by atoms with Crippen LogP contribution in [0.15, 0.2) is 0 Å². The van der Waals surface area contributed by atoms with E-state index in [1.165, 1.54) is 45.2 Å². The summed E-state index contributed by atoms with van der Waals surface area (Å²) >= 11 is 0. The Morgan fingerprint density at radius 3 is 2.53 bits per heavy atom. The molecule has 0 aromatic heterocycles. The number of rotatable bonds is 4. The van der Waals surface area contributed by atoms with Gasteiger partial charge in [-0.2, -0.15) is 0 Å². The molecule has 2 aliphatic rings. The van der Waals surface area contributed by atoms with Gasteiger partial charge in [0.05, 0.1) is 0 Å². The molecule has 2 heteroatoms. The van der Waals surface area contributed by atoms with Gasteiger partial charge >= 0.3 is 0 Å². The highest BCUT2D eigenvalue weighted by molar-refractivity contribution is 4.91. The summed E-state index contributed by atoms with van der Waals surface area (Å²) in [7, 11) is 0. The van der Waals surface area contributed by atoms with Crippen LogP contribution in [0, 0.1) is 11.3 Å². The Morgan fingerprint density at radius 2 is 2.00 bits per heavy atom. The highest BCUT2D eigenvalue weighted by Gasteiger charge is 2.36. The first kappa shape index (κ1) is 15.3. The summed E-state index contributed by atoms with van der Waals surface area (Å²) in [5.41, 5.74) is 0.560. The lowest BCUT2D eigenvalue weighted by Crippen LogP contribution is -2.51. The fourth-order valence-electron chi connectivity index (χ4n) is 4.32. The standard InChI is InChI=1S/C17H34N2/c1-13(2)19(12-15-7-6-10-18-15)16-8-9-17(4,5)11-14(16)3/h13-16,18H,6-12H2,1-5H3.